The molecule has 1 fully saturated rings. The van der Waals surface area contributed by atoms with E-state index in [-0.39, 0.29) is 36.3 Å². The van der Waals surface area contributed by atoms with E-state index in [9.17, 15) is 28.8 Å². The first kappa shape index (κ1) is 30.3. The third-order valence-electron chi connectivity index (χ3n) is 5.38. The van der Waals surface area contributed by atoms with Crippen molar-refractivity contribution in [3.63, 3.8) is 0 Å². The molecule has 12 nitrogen and oxygen atoms in total. The molecule has 0 bridgehead atoms. The number of carbonyl (C=O) groups is 6. The van der Waals surface area contributed by atoms with Crippen LogP contribution in [0.2, 0.25) is 0 Å². The molecule has 1 aromatic rings. The maximum Gasteiger partial charge on any atom is 0.407 e. The zero-order valence-electron chi connectivity index (χ0n) is 22.5. The average molecular weight is 533 g/mol. The Morgan fingerprint density at radius 3 is 2.32 bits per heavy atom. The number of piperidine rings is 1. The van der Waals surface area contributed by atoms with Crippen LogP contribution >= 0.6 is 0 Å². The van der Waals surface area contributed by atoms with Gasteiger partial charge in [-0.2, -0.15) is 0 Å². The summed E-state index contributed by atoms with van der Waals surface area (Å²) in [4.78, 5) is 74.1. The molecule has 2 aliphatic rings. The number of hydrogen-bond donors (Lipinski definition) is 3. The van der Waals surface area contributed by atoms with Crippen molar-refractivity contribution in [1.29, 1.82) is 0 Å². The second-order valence-corrected chi connectivity index (χ2v) is 9.40. The average Bonchev–Trinajstić information content (AvgIpc) is 3.10. The van der Waals surface area contributed by atoms with Gasteiger partial charge >= 0.3 is 6.09 Å². The number of rotatable bonds is 9. The first-order chi connectivity index (χ1) is 18.0. The van der Waals surface area contributed by atoms with E-state index >= 15 is 0 Å². The Morgan fingerprint density at radius 2 is 1.68 bits per heavy atom. The molecular weight excluding hydrogens is 496 g/mol. The molecule has 12 heteroatoms. The molecule has 3 N–H and O–H groups in total. The second kappa shape index (κ2) is 13.5. The van der Waals surface area contributed by atoms with Gasteiger partial charge in [0.25, 0.3) is 17.7 Å². The number of carbonyl (C=O) groups excluding carboxylic acids is 6. The van der Waals surface area contributed by atoms with Crippen LogP contribution in [-0.4, -0.2) is 71.9 Å². The third-order valence-corrected chi connectivity index (χ3v) is 5.38. The predicted molar refractivity (Wildman–Crippen MR) is 136 cm³/mol. The van der Waals surface area contributed by atoms with Crippen LogP contribution in [0.3, 0.4) is 0 Å². The molecule has 2 heterocycles. The predicted octanol–water partition coefficient (Wildman–Crippen LogP) is 1.91. The zero-order chi connectivity index (χ0) is 28.5. The van der Waals surface area contributed by atoms with Gasteiger partial charge in [-0.05, 0) is 52.2 Å². The van der Waals surface area contributed by atoms with Crippen molar-refractivity contribution < 1.29 is 38.2 Å². The van der Waals surface area contributed by atoms with E-state index in [0.717, 1.165) is 4.90 Å². The van der Waals surface area contributed by atoms with Gasteiger partial charge in [-0.1, -0.05) is 19.9 Å². The van der Waals surface area contributed by atoms with Crippen LogP contribution in [-0.2, 0) is 19.1 Å². The first-order valence-corrected chi connectivity index (χ1v) is 12.7. The van der Waals surface area contributed by atoms with Crippen LogP contribution < -0.4 is 20.7 Å². The highest BCUT2D eigenvalue weighted by Gasteiger charge is 2.46. The molecule has 0 radical (unpaired) electrons. The summed E-state index contributed by atoms with van der Waals surface area (Å²) >= 11 is 0. The van der Waals surface area contributed by atoms with Gasteiger partial charge in [0.15, 0.2) is 6.61 Å². The first-order valence-electron chi connectivity index (χ1n) is 12.7. The Balaban J connectivity index is 0.00000247. The fourth-order valence-electron chi connectivity index (χ4n) is 3.78. The molecule has 1 atom stereocenters. The van der Waals surface area contributed by atoms with Crippen LogP contribution in [0.4, 0.5) is 4.79 Å². The maximum atomic E-state index is 13.0. The SMILES string of the molecule is CC.CC(C)(C)OC(=O)NCCCCNC(=O)COc1cccc2c1C(=O)N(C1CCC(=O)NC1=O)C2=O. The Kier molecular flexibility index (Phi) is 10.8. The van der Waals surface area contributed by atoms with Crippen LogP contribution in [0, 0.1) is 0 Å². The summed E-state index contributed by atoms with van der Waals surface area (Å²) in [5, 5.41) is 7.46. The van der Waals surface area contributed by atoms with Gasteiger partial charge in [0.1, 0.15) is 17.4 Å². The number of nitrogens with zero attached hydrogens (tertiary/aromatic N) is 1. The summed E-state index contributed by atoms with van der Waals surface area (Å²) in [5.41, 5.74) is -0.522. The molecule has 6 amide bonds. The standard InChI is InChI=1S/C24H30N4O8.C2H6/c1-24(2,3)36-23(34)26-12-5-4-11-25-18(30)13-35-16-8-6-7-14-19(16)22(33)28(21(14)32)15-9-10-17(29)27-20(15)31;1-2/h6-8,15H,4-5,9-13H2,1-3H3,(H,25,30)(H,26,34)(H,27,29,31);1-2H3. The summed E-state index contributed by atoms with van der Waals surface area (Å²) < 4.78 is 10.7. The van der Waals surface area contributed by atoms with Gasteiger partial charge in [-0.15, -0.1) is 0 Å². The number of nitrogens with one attached hydrogen (secondary N) is 3. The highest BCUT2D eigenvalue weighted by Crippen LogP contribution is 2.33. The number of imide groups is 2. The molecule has 0 aliphatic carbocycles. The summed E-state index contributed by atoms with van der Waals surface area (Å²) in [5.74, 6) is -2.90. The van der Waals surface area contributed by atoms with Gasteiger partial charge < -0.3 is 20.1 Å². The Hall–Kier alpha value is -3.96. The topological polar surface area (TPSA) is 160 Å². The van der Waals surface area contributed by atoms with Crippen LogP contribution in [0.5, 0.6) is 5.75 Å². The number of ether oxygens (including phenoxy) is 2. The lowest BCUT2D eigenvalue weighted by molar-refractivity contribution is -0.136. The number of unbranched alkanes of at least 4 members (excludes halogenated alkanes) is 1. The molecule has 0 spiro atoms. The molecule has 208 valence electrons. The van der Waals surface area contributed by atoms with E-state index in [1.807, 2.05) is 13.8 Å². The van der Waals surface area contributed by atoms with Crippen molar-refractivity contribution >= 4 is 35.6 Å². The summed E-state index contributed by atoms with van der Waals surface area (Å²) in [6.07, 6.45) is 0.793. The van der Waals surface area contributed by atoms with E-state index in [0.29, 0.717) is 25.9 Å². The zero-order valence-corrected chi connectivity index (χ0v) is 22.5. The van der Waals surface area contributed by atoms with E-state index in [1.54, 1.807) is 20.8 Å². The molecule has 3 rings (SSSR count). The minimum Gasteiger partial charge on any atom is -0.483 e. The van der Waals surface area contributed by atoms with E-state index < -0.39 is 47.3 Å². The highest BCUT2D eigenvalue weighted by molar-refractivity contribution is 6.24. The van der Waals surface area contributed by atoms with Crippen molar-refractivity contribution in [2.24, 2.45) is 0 Å². The van der Waals surface area contributed by atoms with Gasteiger partial charge in [-0.25, -0.2) is 4.79 Å². The normalized spacial score (nSPS) is 16.7. The molecule has 0 saturated carbocycles. The number of hydrogen-bond acceptors (Lipinski definition) is 8. The Morgan fingerprint density at radius 1 is 1.03 bits per heavy atom. The van der Waals surface area contributed by atoms with Gasteiger partial charge in [0.05, 0.1) is 11.1 Å². The fourth-order valence-corrected chi connectivity index (χ4v) is 3.78. The smallest absolute Gasteiger partial charge is 0.407 e. The number of benzene rings is 1. The maximum absolute atomic E-state index is 13.0. The lowest BCUT2D eigenvalue weighted by Gasteiger charge is -2.27. The van der Waals surface area contributed by atoms with Gasteiger partial charge in [0.2, 0.25) is 11.8 Å². The Labute approximate surface area is 221 Å². The Bertz CT molecular complexity index is 1080. The molecule has 2 aliphatic heterocycles. The van der Waals surface area contributed by atoms with Crippen LogP contribution in [0.15, 0.2) is 18.2 Å². The van der Waals surface area contributed by atoms with Gasteiger partial charge in [-0.3, -0.25) is 34.2 Å². The third kappa shape index (κ3) is 8.02. The lowest BCUT2D eigenvalue weighted by atomic mass is 10.0. The minimum atomic E-state index is -1.09. The van der Waals surface area contributed by atoms with Crippen molar-refractivity contribution in [2.45, 2.75) is 71.9 Å². The fraction of sp³-hybridized carbons (Fsp3) is 0.538. The lowest BCUT2D eigenvalue weighted by Crippen LogP contribution is -2.54. The van der Waals surface area contributed by atoms with Crippen LogP contribution in [0.25, 0.3) is 0 Å². The molecule has 1 aromatic carbocycles. The van der Waals surface area contributed by atoms with Crippen molar-refractivity contribution in [2.75, 3.05) is 19.7 Å². The second-order valence-electron chi connectivity index (χ2n) is 9.40. The monoisotopic (exact) mass is 532 g/mol. The number of alkyl carbamates (subject to hydrolysis) is 1. The largest absolute Gasteiger partial charge is 0.483 e. The quantitative estimate of drug-likeness (QED) is 0.321. The number of fused-ring (bicyclic) bond motifs is 1. The van der Waals surface area contributed by atoms with Crippen molar-refractivity contribution in [1.82, 2.24) is 20.9 Å². The molecule has 1 unspecified atom stereocenters. The van der Waals surface area contributed by atoms with Crippen molar-refractivity contribution in [3.8, 4) is 5.75 Å². The summed E-state index contributed by atoms with van der Waals surface area (Å²) in [6.45, 7) is 9.69. The summed E-state index contributed by atoms with van der Waals surface area (Å²) in [7, 11) is 0. The number of amides is 6. The highest BCUT2D eigenvalue weighted by atomic mass is 16.6. The van der Waals surface area contributed by atoms with Crippen molar-refractivity contribution in [3.05, 3.63) is 29.3 Å². The van der Waals surface area contributed by atoms with Gasteiger partial charge in [0, 0.05) is 19.5 Å². The summed E-state index contributed by atoms with van der Waals surface area (Å²) in [6, 6.07) is 3.34. The van der Waals surface area contributed by atoms with E-state index in [2.05, 4.69) is 16.0 Å². The van der Waals surface area contributed by atoms with Crippen LogP contribution in [0.1, 0.15) is 81.0 Å². The molecule has 1 saturated heterocycles. The molecule has 38 heavy (non-hydrogen) atoms. The van der Waals surface area contributed by atoms with E-state index in [4.69, 9.17) is 9.47 Å². The van der Waals surface area contributed by atoms with E-state index in [1.165, 1.54) is 18.2 Å². The molecular formula is C26H36N4O8. The molecule has 0 aromatic heterocycles. The minimum absolute atomic E-state index is 0.0183.